The fraction of sp³-hybridized carbons (Fsp3) is 0.646. The number of nitrogens with zero attached hydrogens (tertiary/aromatic N) is 4. The fourth-order valence-electron chi connectivity index (χ4n) is 8.65. The van der Waals surface area contributed by atoms with Gasteiger partial charge >= 0.3 is 12.1 Å². The minimum atomic E-state index is -0.911. The van der Waals surface area contributed by atoms with Crippen LogP contribution in [0.5, 0.6) is 0 Å². The Kier molecular flexibility index (Phi) is 21.3. The number of nitrogens with one attached hydrogen (secondary N) is 3. The van der Waals surface area contributed by atoms with Crippen LogP contribution in [0.15, 0.2) is 48.7 Å². The number of benzene rings is 1. The number of hydrogen-bond donors (Lipinski definition) is 3. The maximum Gasteiger partial charge on any atom is 0.413 e. The fourth-order valence-corrected chi connectivity index (χ4v) is 8.65. The van der Waals surface area contributed by atoms with E-state index in [4.69, 9.17) is 18.9 Å². The summed E-state index contributed by atoms with van der Waals surface area (Å²) in [5.74, 6) is -2.43. The Morgan fingerprint density at radius 3 is 2.18 bits per heavy atom. The van der Waals surface area contributed by atoms with Gasteiger partial charge in [-0.3, -0.25) is 29.4 Å². The molecule has 2 aromatic rings. The van der Waals surface area contributed by atoms with Gasteiger partial charge in [0, 0.05) is 47.0 Å². The summed E-state index contributed by atoms with van der Waals surface area (Å²) in [6.45, 7) is 15.4. The minimum absolute atomic E-state index is 0.0330. The second-order valence-electron chi connectivity index (χ2n) is 18.4. The summed E-state index contributed by atoms with van der Waals surface area (Å²) < 4.78 is 22.3. The van der Waals surface area contributed by atoms with Gasteiger partial charge in [0.25, 0.3) is 0 Å². The number of amides is 5. The first-order valence-corrected chi connectivity index (χ1v) is 22.6. The van der Waals surface area contributed by atoms with Crippen LogP contribution < -0.4 is 16.0 Å². The molecule has 8 atom stereocenters. The number of anilines is 1. The van der Waals surface area contributed by atoms with E-state index >= 15 is 0 Å². The zero-order valence-corrected chi connectivity index (χ0v) is 40.8. The van der Waals surface area contributed by atoms with Crippen molar-refractivity contribution in [3.05, 3.63) is 59.8 Å². The molecule has 5 amide bonds. The first-order valence-electron chi connectivity index (χ1n) is 22.6. The maximum atomic E-state index is 14.3. The molecule has 17 nitrogen and oxygen atoms in total. The zero-order valence-electron chi connectivity index (χ0n) is 40.8. The first-order chi connectivity index (χ1) is 30.6. The highest BCUT2D eigenvalue weighted by Gasteiger charge is 2.42. The van der Waals surface area contributed by atoms with Crippen LogP contribution in [0.25, 0.3) is 0 Å². The van der Waals surface area contributed by atoms with Crippen LogP contribution in [-0.2, 0) is 55.9 Å². The summed E-state index contributed by atoms with van der Waals surface area (Å²) in [6.07, 6.45) is 1.81. The van der Waals surface area contributed by atoms with E-state index < -0.39 is 65.9 Å². The molecule has 0 saturated carbocycles. The molecule has 17 heteroatoms. The third-order valence-corrected chi connectivity index (χ3v) is 12.1. The van der Waals surface area contributed by atoms with Crippen LogP contribution in [0.3, 0.4) is 0 Å². The van der Waals surface area contributed by atoms with Gasteiger partial charge in [0.1, 0.15) is 17.5 Å². The topological polar surface area (TPSA) is 198 Å². The van der Waals surface area contributed by atoms with Gasteiger partial charge in [-0.1, -0.05) is 71.4 Å². The van der Waals surface area contributed by atoms with Crippen molar-refractivity contribution in [1.29, 1.82) is 0 Å². The van der Waals surface area contributed by atoms with E-state index in [1.165, 1.54) is 21.3 Å². The Labute approximate surface area is 386 Å². The SMILES string of the molecule is CCC(C)C(C(CC(=O)N1CCCC1C(OC)C(C)C(=O)NC(Cc1ccccc1)C(=O)OC)OC)N(C)C(=O)CNC(=O)C(C(C)C)N(C)Cc1ccnc(NC(=O)OC(C)(C)C)c1. The smallest absolute Gasteiger partial charge is 0.413 e. The summed E-state index contributed by atoms with van der Waals surface area (Å²) in [5.41, 5.74) is 0.996. The molecule has 1 fully saturated rings. The third-order valence-electron chi connectivity index (χ3n) is 12.1. The number of likely N-dealkylation sites (N-methyl/N-ethyl adjacent to an activating group) is 2. The van der Waals surface area contributed by atoms with Crippen molar-refractivity contribution in [2.24, 2.45) is 17.8 Å². The molecule has 362 valence electrons. The molecule has 3 rings (SSSR count). The van der Waals surface area contributed by atoms with E-state index in [1.807, 2.05) is 70.0 Å². The molecule has 0 aliphatic carbocycles. The predicted molar refractivity (Wildman–Crippen MR) is 247 cm³/mol. The quantitative estimate of drug-likeness (QED) is 0.129. The summed E-state index contributed by atoms with van der Waals surface area (Å²) >= 11 is 0. The normalized spacial score (nSPS) is 17.3. The molecule has 1 aromatic carbocycles. The number of hydrogen-bond acceptors (Lipinski definition) is 12. The Hall–Kier alpha value is -5.13. The zero-order chi connectivity index (χ0) is 48.6. The van der Waals surface area contributed by atoms with Crippen molar-refractivity contribution in [1.82, 2.24) is 30.3 Å². The van der Waals surface area contributed by atoms with Crippen LogP contribution in [-0.4, -0.2) is 146 Å². The maximum absolute atomic E-state index is 14.3. The van der Waals surface area contributed by atoms with Crippen LogP contribution in [0.2, 0.25) is 0 Å². The van der Waals surface area contributed by atoms with E-state index in [2.05, 4.69) is 20.9 Å². The molecule has 0 bridgehead atoms. The number of ether oxygens (including phenoxy) is 4. The lowest BCUT2D eigenvalue weighted by Crippen LogP contribution is -2.55. The number of esters is 1. The molecule has 1 aromatic heterocycles. The van der Waals surface area contributed by atoms with E-state index in [0.717, 1.165) is 11.1 Å². The lowest BCUT2D eigenvalue weighted by molar-refractivity contribution is -0.148. The largest absolute Gasteiger partial charge is 0.467 e. The molecule has 2 heterocycles. The number of aromatic nitrogens is 1. The molecule has 8 unspecified atom stereocenters. The number of rotatable bonds is 23. The minimum Gasteiger partial charge on any atom is -0.467 e. The van der Waals surface area contributed by atoms with Gasteiger partial charge in [-0.2, -0.15) is 0 Å². The Bertz CT molecular complexity index is 1880. The van der Waals surface area contributed by atoms with E-state index in [9.17, 15) is 28.8 Å². The van der Waals surface area contributed by atoms with Crippen molar-refractivity contribution < 1.29 is 47.7 Å². The molecular formula is C48H75N7O10. The molecule has 0 radical (unpaired) electrons. The van der Waals surface area contributed by atoms with Crippen LogP contribution >= 0.6 is 0 Å². The number of likely N-dealkylation sites (tertiary alicyclic amines) is 1. The first kappa shape index (κ1) is 54.2. The predicted octanol–water partition coefficient (Wildman–Crippen LogP) is 4.82. The van der Waals surface area contributed by atoms with Crippen molar-refractivity contribution in [2.75, 3.05) is 53.8 Å². The van der Waals surface area contributed by atoms with Crippen molar-refractivity contribution >= 4 is 41.5 Å². The van der Waals surface area contributed by atoms with Gasteiger partial charge in [0.05, 0.1) is 56.3 Å². The lowest BCUT2D eigenvalue weighted by atomic mass is 9.90. The van der Waals surface area contributed by atoms with Gasteiger partial charge in [-0.15, -0.1) is 0 Å². The molecule has 1 saturated heterocycles. The second kappa shape index (κ2) is 25.5. The summed E-state index contributed by atoms with van der Waals surface area (Å²) in [5, 5.41) is 8.36. The molecule has 65 heavy (non-hydrogen) atoms. The monoisotopic (exact) mass is 910 g/mol. The average Bonchev–Trinajstić information content (AvgIpc) is 3.74. The Morgan fingerprint density at radius 2 is 1.60 bits per heavy atom. The highest BCUT2D eigenvalue weighted by Crippen LogP contribution is 2.29. The average molecular weight is 910 g/mol. The Balaban J connectivity index is 1.69. The number of methoxy groups -OCH3 is 3. The standard InChI is InChI=1S/C48H75N7O10/c1-14-31(4)42(54(10)40(57)28-50-45(59)41(30(2)3)53(9)29-34-22-23-49-38(26-34)52-47(61)65-48(6,7)8)37(62-11)27-39(56)55-24-18-21-36(55)43(63-12)32(5)44(58)51-35(46(60)64-13)25-33-19-16-15-17-20-33/h15-17,19-20,22-23,26,30-32,35-37,41-43H,14,18,21,24-25,27-29H2,1-13H3,(H,50,59)(H,51,58)(H,49,52,61). The summed E-state index contributed by atoms with van der Waals surface area (Å²) in [7, 11) is 7.80. The number of carbonyl (C=O) groups excluding carboxylic acids is 6. The van der Waals surface area contributed by atoms with Crippen LogP contribution in [0, 0.1) is 17.8 Å². The highest BCUT2D eigenvalue weighted by molar-refractivity contribution is 5.88. The number of carbonyl (C=O) groups is 6. The van der Waals surface area contributed by atoms with Gasteiger partial charge in [-0.05, 0) is 75.8 Å². The van der Waals surface area contributed by atoms with Crippen molar-refractivity contribution in [2.45, 2.75) is 136 Å². The van der Waals surface area contributed by atoms with Crippen molar-refractivity contribution in [3.8, 4) is 0 Å². The van der Waals surface area contributed by atoms with Gasteiger partial charge < -0.3 is 39.4 Å². The van der Waals surface area contributed by atoms with Gasteiger partial charge in [0.2, 0.25) is 23.6 Å². The van der Waals surface area contributed by atoms with E-state index in [-0.39, 0.29) is 48.9 Å². The second-order valence-corrected chi connectivity index (χ2v) is 18.4. The molecular weight excluding hydrogens is 835 g/mol. The molecule has 3 N–H and O–H groups in total. The third kappa shape index (κ3) is 16.1. The molecule has 1 aliphatic rings. The summed E-state index contributed by atoms with van der Waals surface area (Å²) in [6, 6.07) is 10.4. The van der Waals surface area contributed by atoms with E-state index in [0.29, 0.717) is 38.2 Å². The van der Waals surface area contributed by atoms with Gasteiger partial charge in [0.15, 0.2) is 0 Å². The van der Waals surface area contributed by atoms with Gasteiger partial charge in [-0.25, -0.2) is 14.6 Å². The van der Waals surface area contributed by atoms with Crippen LogP contribution in [0.1, 0.15) is 92.2 Å². The highest BCUT2D eigenvalue weighted by atomic mass is 16.6. The number of pyridine rings is 1. The summed E-state index contributed by atoms with van der Waals surface area (Å²) in [4.78, 5) is 90.1. The van der Waals surface area contributed by atoms with Crippen molar-refractivity contribution in [3.63, 3.8) is 0 Å². The lowest BCUT2D eigenvalue weighted by Gasteiger charge is -2.39. The van der Waals surface area contributed by atoms with Crippen LogP contribution in [0.4, 0.5) is 10.6 Å². The molecule has 0 spiro atoms. The Morgan fingerprint density at radius 1 is 0.923 bits per heavy atom. The van der Waals surface area contributed by atoms with E-state index in [1.54, 1.807) is 62.9 Å². The molecule has 1 aliphatic heterocycles.